The number of nitrogens with two attached hydrogens (primary N) is 1. The molecule has 0 radical (unpaired) electrons. The lowest BCUT2D eigenvalue weighted by Gasteiger charge is -2.28. The van der Waals surface area contributed by atoms with Crippen LogP contribution < -0.4 is 11.3 Å². The molecule has 1 heterocycles. The number of nitrogens with zero attached hydrogens (tertiary/aromatic N) is 2. The third-order valence-electron chi connectivity index (χ3n) is 8.18. The fourth-order valence-corrected chi connectivity index (χ4v) is 5.59. The van der Waals surface area contributed by atoms with Crippen molar-refractivity contribution in [3.8, 4) is 11.4 Å². The van der Waals surface area contributed by atoms with E-state index in [1.807, 2.05) is 44.6 Å². The van der Waals surface area contributed by atoms with Crippen molar-refractivity contribution in [1.82, 2.24) is 20.6 Å². The van der Waals surface area contributed by atoms with Crippen LogP contribution in [0.3, 0.4) is 0 Å². The molecular weight excluding hydrogens is 592 g/mol. The second kappa shape index (κ2) is 16.3. The van der Waals surface area contributed by atoms with Crippen molar-refractivity contribution >= 4 is 34.7 Å². The molecule has 5 rings (SSSR count). The number of aromatic nitrogens is 3. The Labute approximate surface area is 268 Å². The predicted octanol–water partition coefficient (Wildman–Crippen LogP) is 5.88. The molecule has 3 aromatic rings. The number of nitrogens with one attached hydrogen (secondary N) is 3. The minimum atomic E-state index is -0.326. The zero-order chi connectivity index (χ0) is 33.3. The number of benzene rings is 2. The monoisotopic (exact) mass is 636 g/mol. The summed E-state index contributed by atoms with van der Waals surface area (Å²) in [5.74, 6) is 6.22. The van der Waals surface area contributed by atoms with Crippen LogP contribution in [0, 0.1) is 26.2 Å². The molecule has 11 nitrogen and oxygen atoms in total. The number of amides is 1. The summed E-state index contributed by atoms with van der Waals surface area (Å²) in [7, 11) is 2.79. The quantitative estimate of drug-likeness (QED) is 0.0644. The first-order valence-corrected chi connectivity index (χ1v) is 16.1. The highest BCUT2D eigenvalue weighted by Crippen LogP contribution is 2.42. The molecule has 2 aromatic carbocycles. The zero-order valence-electron chi connectivity index (χ0n) is 27.1. The van der Waals surface area contributed by atoms with Crippen LogP contribution in [0.5, 0.6) is 0 Å². The standard InChI is InChI=1S/C16H19N3O2.C15H19NO2S.C2H6N2O/c1-9-7-13(11-5-4-6-11)14(8-12(9)16(20)21-3)15-17-10(2)18-19-15;1-9-7-12(10-5-4-6-10)13(14(16)19-3)8-11(9)15(17)18-2;1-2(5)4-3/h7-8,11H,4-6H2,1-3H3,(H,17,18,19);7-8,10,16H,4-6H2,1-3H3;3H2,1H3,(H,4,5). The number of esters is 2. The van der Waals surface area contributed by atoms with Gasteiger partial charge in [-0.05, 0) is 98.9 Å². The highest BCUT2D eigenvalue weighted by Gasteiger charge is 2.27. The molecule has 0 saturated heterocycles. The fourth-order valence-electron chi connectivity index (χ4n) is 5.20. The Morgan fingerprint density at radius 1 is 0.889 bits per heavy atom. The van der Waals surface area contributed by atoms with Gasteiger partial charge in [0, 0.05) is 18.1 Å². The number of carbonyl (C=O) groups is 3. The van der Waals surface area contributed by atoms with Crippen LogP contribution in [-0.2, 0) is 14.3 Å². The van der Waals surface area contributed by atoms with Crippen LogP contribution in [0.2, 0.25) is 0 Å². The average molecular weight is 637 g/mol. The summed E-state index contributed by atoms with van der Waals surface area (Å²) in [5, 5.41) is 15.7. The topological polar surface area (TPSA) is 173 Å². The maximum atomic E-state index is 11.9. The molecule has 5 N–H and O–H groups in total. The van der Waals surface area contributed by atoms with Gasteiger partial charge in [0.2, 0.25) is 5.91 Å². The lowest BCUT2D eigenvalue weighted by molar-refractivity contribution is -0.119. The van der Waals surface area contributed by atoms with Crippen molar-refractivity contribution in [1.29, 1.82) is 5.41 Å². The first-order valence-electron chi connectivity index (χ1n) is 14.9. The summed E-state index contributed by atoms with van der Waals surface area (Å²) in [4.78, 5) is 37.7. The van der Waals surface area contributed by atoms with E-state index in [9.17, 15) is 14.4 Å². The third-order valence-corrected chi connectivity index (χ3v) is 8.81. The molecule has 0 atom stereocenters. The van der Waals surface area contributed by atoms with Gasteiger partial charge in [-0.25, -0.2) is 20.4 Å². The minimum Gasteiger partial charge on any atom is -0.465 e. The van der Waals surface area contributed by atoms with Gasteiger partial charge in [-0.2, -0.15) is 5.10 Å². The summed E-state index contributed by atoms with van der Waals surface area (Å²) < 4.78 is 9.68. The first kappa shape index (κ1) is 35.4. The van der Waals surface area contributed by atoms with Crippen molar-refractivity contribution in [3.63, 3.8) is 0 Å². The maximum absolute atomic E-state index is 11.9. The number of rotatable bonds is 6. The van der Waals surface area contributed by atoms with Gasteiger partial charge >= 0.3 is 11.9 Å². The van der Waals surface area contributed by atoms with Crippen molar-refractivity contribution in [2.24, 2.45) is 5.84 Å². The number of H-pyrrole nitrogens is 1. The van der Waals surface area contributed by atoms with Crippen molar-refractivity contribution in [2.75, 3.05) is 20.5 Å². The Balaban J connectivity index is 0.000000215. The number of hydrazine groups is 1. The van der Waals surface area contributed by atoms with E-state index in [-0.39, 0.29) is 17.8 Å². The van der Waals surface area contributed by atoms with E-state index in [1.165, 1.54) is 82.6 Å². The Morgan fingerprint density at radius 3 is 1.78 bits per heavy atom. The molecule has 2 aliphatic rings. The van der Waals surface area contributed by atoms with Crippen LogP contribution in [0.4, 0.5) is 0 Å². The third kappa shape index (κ3) is 8.79. The predicted molar refractivity (Wildman–Crippen MR) is 177 cm³/mol. The van der Waals surface area contributed by atoms with Crippen LogP contribution in [0.1, 0.15) is 112 Å². The average Bonchev–Trinajstić information content (AvgIpc) is 3.41. The number of hydrogen-bond acceptors (Lipinski definition) is 10. The molecule has 45 heavy (non-hydrogen) atoms. The number of aryl methyl sites for hydroxylation is 3. The molecule has 2 aliphatic carbocycles. The molecule has 242 valence electrons. The maximum Gasteiger partial charge on any atom is 0.338 e. The van der Waals surface area contributed by atoms with E-state index in [0.29, 0.717) is 33.8 Å². The van der Waals surface area contributed by atoms with Gasteiger partial charge in [0.1, 0.15) is 5.82 Å². The van der Waals surface area contributed by atoms with Gasteiger partial charge in [-0.15, -0.1) is 11.8 Å². The summed E-state index contributed by atoms with van der Waals surface area (Å²) in [6.07, 6.45) is 9.16. The highest BCUT2D eigenvalue weighted by molar-refractivity contribution is 8.13. The van der Waals surface area contributed by atoms with Gasteiger partial charge in [-0.3, -0.25) is 20.7 Å². The van der Waals surface area contributed by atoms with Crippen molar-refractivity contribution in [2.45, 2.75) is 78.1 Å². The molecule has 2 fully saturated rings. The number of ether oxygens (including phenoxy) is 2. The zero-order valence-corrected chi connectivity index (χ0v) is 27.9. The summed E-state index contributed by atoms with van der Waals surface area (Å²) in [5.41, 5.74) is 9.21. The van der Waals surface area contributed by atoms with Gasteiger partial charge in [0.05, 0.1) is 30.4 Å². The second-order valence-corrected chi connectivity index (χ2v) is 12.0. The van der Waals surface area contributed by atoms with E-state index in [2.05, 4.69) is 33.2 Å². The van der Waals surface area contributed by atoms with Gasteiger partial charge in [0.15, 0.2) is 5.82 Å². The number of methoxy groups -OCH3 is 2. The summed E-state index contributed by atoms with van der Waals surface area (Å²) in [6.45, 7) is 7.09. The number of carbonyl (C=O) groups excluding carboxylic acids is 3. The molecule has 0 aliphatic heterocycles. The Hall–Kier alpha value is -4.03. The number of thioether (sulfide) groups is 1. The van der Waals surface area contributed by atoms with Gasteiger partial charge < -0.3 is 9.47 Å². The molecule has 1 aromatic heterocycles. The van der Waals surface area contributed by atoms with Gasteiger partial charge in [-0.1, -0.05) is 25.0 Å². The lowest BCUT2D eigenvalue weighted by atomic mass is 9.77. The van der Waals surface area contributed by atoms with Crippen LogP contribution in [-0.4, -0.2) is 58.5 Å². The van der Waals surface area contributed by atoms with Gasteiger partial charge in [0.25, 0.3) is 0 Å². The summed E-state index contributed by atoms with van der Waals surface area (Å²) >= 11 is 1.41. The molecule has 0 unspecified atom stereocenters. The SMILES string of the molecule is CC(=O)NN.COC(=O)c1cc(-c2n[nH]c(C)n2)c(C2CCC2)cc1C.COC(=O)c1cc(C(=N)SC)c(C2CCC2)cc1C. The molecule has 0 bridgehead atoms. The smallest absolute Gasteiger partial charge is 0.338 e. The van der Waals surface area contributed by atoms with E-state index < -0.39 is 0 Å². The van der Waals surface area contributed by atoms with E-state index in [0.717, 1.165) is 28.1 Å². The lowest BCUT2D eigenvalue weighted by Crippen LogP contribution is -2.26. The van der Waals surface area contributed by atoms with E-state index >= 15 is 0 Å². The van der Waals surface area contributed by atoms with Crippen molar-refractivity contribution in [3.05, 3.63) is 69.0 Å². The molecular formula is C33H44N6O5S. The fraction of sp³-hybridized carbons (Fsp3) is 0.455. The largest absolute Gasteiger partial charge is 0.465 e. The second-order valence-electron chi connectivity index (χ2n) is 11.2. The normalized spacial score (nSPS) is 14.0. The Kier molecular flexibility index (Phi) is 12.9. The van der Waals surface area contributed by atoms with E-state index in [1.54, 1.807) is 0 Å². The highest BCUT2D eigenvalue weighted by atomic mass is 32.2. The van der Waals surface area contributed by atoms with Crippen molar-refractivity contribution < 1.29 is 23.9 Å². The molecule has 0 spiro atoms. The summed E-state index contributed by atoms with van der Waals surface area (Å²) in [6, 6.07) is 7.86. The first-order chi connectivity index (χ1) is 21.4. The molecule has 2 saturated carbocycles. The van der Waals surface area contributed by atoms with Crippen LogP contribution >= 0.6 is 11.8 Å². The number of aromatic amines is 1. The number of hydrogen-bond donors (Lipinski definition) is 4. The molecule has 1 amide bonds. The van der Waals surface area contributed by atoms with Crippen LogP contribution in [0.25, 0.3) is 11.4 Å². The van der Waals surface area contributed by atoms with Crippen LogP contribution in [0.15, 0.2) is 24.3 Å². The Bertz CT molecular complexity index is 1540. The minimum absolute atomic E-state index is 0.218. The molecule has 12 heteroatoms. The van der Waals surface area contributed by atoms with E-state index in [4.69, 9.17) is 14.9 Å². The Morgan fingerprint density at radius 2 is 1.38 bits per heavy atom.